The van der Waals surface area contributed by atoms with Crippen molar-refractivity contribution in [1.82, 2.24) is 0 Å². The third-order valence-electron chi connectivity index (χ3n) is 4.42. The molecule has 0 atom stereocenters. The Labute approximate surface area is 155 Å². The molecule has 132 valence electrons. The van der Waals surface area contributed by atoms with Crippen LogP contribution in [0.4, 0.5) is 0 Å². The lowest BCUT2D eigenvalue weighted by Gasteiger charge is -2.09. The monoisotopic (exact) mass is 356 g/mol. The van der Waals surface area contributed by atoms with Crippen molar-refractivity contribution in [2.24, 2.45) is 0 Å². The van der Waals surface area contributed by atoms with Crippen LogP contribution in [0.1, 0.15) is 15.9 Å². The Bertz CT molecular complexity index is 1180. The summed E-state index contributed by atoms with van der Waals surface area (Å²) in [6.07, 6.45) is 0. The average Bonchev–Trinajstić information content (AvgIpc) is 2.69. The van der Waals surface area contributed by atoms with E-state index in [9.17, 15) is 9.59 Å². The molecule has 4 heteroatoms. The van der Waals surface area contributed by atoms with Crippen LogP contribution in [0.2, 0.25) is 0 Å². The van der Waals surface area contributed by atoms with Gasteiger partial charge in [0.2, 0.25) is 0 Å². The molecule has 0 radical (unpaired) electrons. The summed E-state index contributed by atoms with van der Waals surface area (Å²) in [6, 6.07) is 23.2. The Kier molecular flexibility index (Phi) is 4.30. The molecule has 0 saturated carbocycles. The van der Waals surface area contributed by atoms with E-state index in [1.54, 1.807) is 42.5 Å². The van der Waals surface area contributed by atoms with E-state index >= 15 is 0 Å². The Morgan fingerprint density at radius 3 is 2.26 bits per heavy atom. The molecule has 1 aromatic heterocycles. The molecule has 3 aromatic carbocycles. The van der Waals surface area contributed by atoms with Crippen molar-refractivity contribution in [2.45, 2.75) is 6.92 Å². The summed E-state index contributed by atoms with van der Waals surface area (Å²) in [5, 5.41) is 0.799. The standard InChI is InChI=1S/C23H16O4/c1-15-19-13-12-18(26-22(24)17-10-6-3-7-11-17)14-20(19)27-23(25)21(15)16-8-4-2-5-9-16/h2-14H,1H3. The maximum Gasteiger partial charge on any atom is 0.344 e. The number of carbonyl (C=O) groups is 1. The lowest BCUT2D eigenvalue weighted by Crippen LogP contribution is -2.09. The van der Waals surface area contributed by atoms with E-state index in [-0.39, 0.29) is 0 Å². The molecule has 0 amide bonds. The first-order chi connectivity index (χ1) is 13.1. The van der Waals surface area contributed by atoms with Gasteiger partial charge >= 0.3 is 11.6 Å². The third-order valence-corrected chi connectivity index (χ3v) is 4.42. The number of ether oxygens (including phenoxy) is 1. The first-order valence-electron chi connectivity index (χ1n) is 8.53. The molecule has 0 spiro atoms. The number of hydrogen-bond acceptors (Lipinski definition) is 4. The zero-order chi connectivity index (χ0) is 18.8. The second-order valence-corrected chi connectivity index (χ2v) is 6.17. The number of rotatable bonds is 3. The second kappa shape index (κ2) is 6.92. The van der Waals surface area contributed by atoms with Crippen molar-refractivity contribution in [3.8, 4) is 16.9 Å². The minimum absolute atomic E-state index is 0.325. The highest BCUT2D eigenvalue weighted by Crippen LogP contribution is 2.29. The SMILES string of the molecule is Cc1c(-c2ccccc2)c(=O)oc2cc(OC(=O)c3ccccc3)ccc12. The molecule has 0 saturated heterocycles. The van der Waals surface area contributed by atoms with Gasteiger partial charge in [-0.05, 0) is 42.3 Å². The molecule has 0 aliphatic rings. The minimum atomic E-state index is -0.463. The van der Waals surface area contributed by atoms with Crippen LogP contribution in [-0.4, -0.2) is 5.97 Å². The first-order valence-corrected chi connectivity index (χ1v) is 8.53. The highest BCUT2D eigenvalue weighted by molar-refractivity contribution is 5.92. The smallest absolute Gasteiger partial charge is 0.344 e. The second-order valence-electron chi connectivity index (χ2n) is 6.17. The molecule has 0 aliphatic carbocycles. The molecule has 4 rings (SSSR count). The van der Waals surface area contributed by atoms with Crippen molar-refractivity contribution >= 4 is 16.9 Å². The zero-order valence-corrected chi connectivity index (χ0v) is 14.6. The summed E-state index contributed by atoms with van der Waals surface area (Å²) < 4.78 is 10.9. The maximum atomic E-state index is 12.5. The molecular formula is C23H16O4. The minimum Gasteiger partial charge on any atom is -0.423 e. The Hall–Kier alpha value is -3.66. The van der Waals surface area contributed by atoms with E-state index in [0.29, 0.717) is 22.5 Å². The fourth-order valence-electron chi connectivity index (χ4n) is 3.08. The normalized spacial score (nSPS) is 10.7. The average molecular weight is 356 g/mol. The van der Waals surface area contributed by atoms with E-state index in [0.717, 1.165) is 16.5 Å². The van der Waals surface area contributed by atoms with Gasteiger partial charge in [-0.3, -0.25) is 0 Å². The number of aryl methyl sites for hydroxylation is 1. The van der Waals surface area contributed by atoms with Gasteiger partial charge < -0.3 is 9.15 Å². The molecule has 4 aromatic rings. The topological polar surface area (TPSA) is 56.5 Å². The lowest BCUT2D eigenvalue weighted by atomic mass is 10.00. The fraction of sp³-hybridized carbons (Fsp3) is 0.0435. The van der Waals surface area contributed by atoms with Crippen molar-refractivity contribution in [2.75, 3.05) is 0 Å². The van der Waals surface area contributed by atoms with Gasteiger partial charge in [0.05, 0.1) is 11.1 Å². The number of esters is 1. The van der Waals surface area contributed by atoms with Gasteiger partial charge in [0, 0.05) is 11.5 Å². The van der Waals surface area contributed by atoms with E-state index in [4.69, 9.17) is 9.15 Å². The molecule has 4 nitrogen and oxygen atoms in total. The van der Waals surface area contributed by atoms with Crippen molar-refractivity contribution in [3.05, 3.63) is 100 Å². The van der Waals surface area contributed by atoms with E-state index in [1.165, 1.54) is 0 Å². The Morgan fingerprint density at radius 1 is 0.889 bits per heavy atom. The zero-order valence-electron chi connectivity index (χ0n) is 14.6. The fourth-order valence-corrected chi connectivity index (χ4v) is 3.08. The van der Waals surface area contributed by atoms with Gasteiger partial charge in [-0.25, -0.2) is 9.59 Å². The molecular weight excluding hydrogens is 340 g/mol. The summed E-state index contributed by atoms with van der Waals surface area (Å²) in [5.41, 5.74) is 2.60. The molecule has 27 heavy (non-hydrogen) atoms. The quantitative estimate of drug-likeness (QED) is 0.295. The van der Waals surface area contributed by atoms with Gasteiger partial charge in [-0.1, -0.05) is 48.5 Å². The van der Waals surface area contributed by atoms with Crippen LogP contribution in [0.5, 0.6) is 5.75 Å². The van der Waals surface area contributed by atoms with E-state index in [2.05, 4.69) is 0 Å². The molecule has 1 heterocycles. The molecule has 0 bridgehead atoms. The van der Waals surface area contributed by atoms with Gasteiger partial charge in [0.15, 0.2) is 0 Å². The van der Waals surface area contributed by atoms with Gasteiger partial charge in [0.25, 0.3) is 0 Å². The highest BCUT2D eigenvalue weighted by atomic mass is 16.5. The lowest BCUT2D eigenvalue weighted by molar-refractivity contribution is 0.0735. The number of fused-ring (bicyclic) bond motifs is 1. The predicted molar refractivity (Wildman–Crippen MR) is 104 cm³/mol. The summed E-state index contributed by atoms with van der Waals surface area (Å²) in [4.78, 5) is 24.7. The summed E-state index contributed by atoms with van der Waals surface area (Å²) in [6.45, 7) is 1.89. The van der Waals surface area contributed by atoms with Crippen LogP contribution in [0.3, 0.4) is 0 Å². The van der Waals surface area contributed by atoms with Crippen LogP contribution >= 0.6 is 0 Å². The number of benzene rings is 3. The van der Waals surface area contributed by atoms with Crippen LogP contribution in [0.25, 0.3) is 22.1 Å². The number of carbonyl (C=O) groups excluding carboxylic acids is 1. The van der Waals surface area contributed by atoms with Crippen LogP contribution < -0.4 is 10.4 Å². The van der Waals surface area contributed by atoms with Gasteiger partial charge in [-0.15, -0.1) is 0 Å². The third kappa shape index (κ3) is 3.25. The molecule has 0 N–H and O–H groups in total. The van der Waals surface area contributed by atoms with Crippen LogP contribution in [0.15, 0.2) is 88.1 Å². The van der Waals surface area contributed by atoms with Crippen molar-refractivity contribution in [1.29, 1.82) is 0 Å². The predicted octanol–water partition coefficient (Wildman–Crippen LogP) is 4.99. The summed E-state index contributed by atoms with van der Waals surface area (Å²) in [7, 11) is 0. The number of hydrogen-bond donors (Lipinski definition) is 0. The van der Waals surface area contributed by atoms with Crippen molar-refractivity contribution < 1.29 is 13.9 Å². The summed E-state index contributed by atoms with van der Waals surface area (Å²) in [5.74, 6) is -0.138. The van der Waals surface area contributed by atoms with Gasteiger partial charge in [-0.2, -0.15) is 0 Å². The van der Waals surface area contributed by atoms with Crippen LogP contribution in [0, 0.1) is 6.92 Å². The van der Waals surface area contributed by atoms with Crippen molar-refractivity contribution in [3.63, 3.8) is 0 Å². The maximum absolute atomic E-state index is 12.5. The molecule has 0 aliphatic heterocycles. The van der Waals surface area contributed by atoms with E-state index < -0.39 is 11.6 Å². The molecule has 0 unspecified atom stereocenters. The highest BCUT2D eigenvalue weighted by Gasteiger charge is 2.15. The van der Waals surface area contributed by atoms with Gasteiger partial charge in [0.1, 0.15) is 11.3 Å². The largest absolute Gasteiger partial charge is 0.423 e. The Balaban J connectivity index is 1.74. The van der Waals surface area contributed by atoms with E-state index in [1.807, 2.05) is 43.3 Å². The summed E-state index contributed by atoms with van der Waals surface area (Å²) >= 11 is 0. The van der Waals surface area contributed by atoms with Crippen LogP contribution in [-0.2, 0) is 0 Å². The molecule has 0 fully saturated rings. The Morgan fingerprint density at radius 2 is 1.56 bits per heavy atom. The first kappa shape index (κ1) is 16.8.